The zero-order valence-corrected chi connectivity index (χ0v) is 15.6. The Hall–Kier alpha value is -2.21. The van der Waals surface area contributed by atoms with Gasteiger partial charge in [-0.05, 0) is 57.7 Å². The molecule has 1 unspecified atom stereocenters. The minimum Gasteiger partial charge on any atom is -0.490 e. The maximum Gasteiger partial charge on any atom is 0.228 e. The number of rotatable bonds is 5. The van der Waals surface area contributed by atoms with Crippen molar-refractivity contribution in [1.82, 2.24) is 20.3 Å². The molecule has 6 heteroatoms. The monoisotopic (exact) mass is 353 g/mol. The van der Waals surface area contributed by atoms with Crippen LogP contribution in [0.25, 0.3) is 11.4 Å². The highest BCUT2D eigenvalue weighted by Crippen LogP contribution is 2.33. The minimum atomic E-state index is 0.310. The lowest BCUT2D eigenvalue weighted by Gasteiger charge is -2.23. The molecule has 0 spiro atoms. The van der Waals surface area contributed by atoms with Crippen LogP contribution in [0.5, 0.6) is 5.75 Å². The Kier molecular flexibility index (Phi) is 5.02. The fourth-order valence-corrected chi connectivity index (χ4v) is 3.83. The average molecular weight is 353 g/mol. The molecule has 6 nitrogen and oxygen atoms in total. The number of nitrogens with zero attached hydrogens (tertiary/aromatic N) is 4. The van der Waals surface area contributed by atoms with Gasteiger partial charge in [-0.25, -0.2) is 9.97 Å². The molecule has 1 atom stereocenters. The number of ether oxygens (including phenoxy) is 1. The van der Waals surface area contributed by atoms with Gasteiger partial charge in [-0.15, -0.1) is 0 Å². The second-order valence-corrected chi connectivity index (χ2v) is 7.39. The molecule has 1 saturated heterocycles. The van der Waals surface area contributed by atoms with Crippen LogP contribution in [0.4, 0.5) is 5.95 Å². The second kappa shape index (κ2) is 7.58. The third kappa shape index (κ3) is 3.65. The van der Waals surface area contributed by atoms with E-state index in [1.165, 1.54) is 18.4 Å². The van der Waals surface area contributed by atoms with Crippen molar-refractivity contribution in [2.45, 2.75) is 51.2 Å². The molecule has 2 fully saturated rings. The highest BCUT2D eigenvalue weighted by atomic mass is 16.5. The maximum absolute atomic E-state index is 6.29. The van der Waals surface area contributed by atoms with Gasteiger partial charge in [-0.1, -0.05) is 11.6 Å². The molecule has 0 radical (unpaired) electrons. The number of aromatic nitrogens is 3. The van der Waals surface area contributed by atoms with Crippen LogP contribution in [0.2, 0.25) is 0 Å². The van der Waals surface area contributed by atoms with Crippen molar-refractivity contribution in [1.29, 1.82) is 0 Å². The van der Waals surface area contributed by atoms with E-state index in [2.05, 4.69) is 52.4 Å². The van der Waals surface area contributed by atoms with Gasteiger partial charge in [-0.2, -0.15) is 4.98 Å². The van der Waals surface area contributed by atoms with Gasteiger partial charge in [0.15, 0.2) is 5.82 Å². The molecule has 0 bridgehead atoms. The van der Waals surface area contributed by atoms with Gasteiger partial charge in [0, 0.05) is 19.6 Å². The summed E-state index contributed by atoms with van der Waals surface area (Å²) in [5, 5.41) is 3.39. The first-order valence-corrected chi connectivity index (χ1v) is 9.61. The van der Waals surface area contributed by atoms with Gasteiger partial charge in [0.2, 0.25) is 5.95 Å². The lowest BCUT2D eigenvalue weighted by Crippen LogP contribution is -2.34. The fourth-order valence-electron chi connectivity index (χ4n) is 3.83. The van der Waals surface area contributed by atoms with Crippen molar-refractivity contribution in [3.05, 3.63) is 30.1 Å². The summed E-state index contributed by atoms with van der Waals surface area (Å²) in [6.45, 7) is 4.10. The van der Waals surface area contributed by atoms with E-state index in [1.807, 2.05) is 0 Å². The van der Waals surface area contributed by atoms with E-state index >= 15 is 0 Å². The molecule has 1 aromatic heterocycles. The third-order valence-corrected chi connectivity index (χ3v) is 5.43. The predicted octanol–water partition coefficient (Wildman–Crippen LogP) is 2.97. The van der Waals surface area contributed by atoms with Crippen LogP contribution in [0.3, 0.4) is 0 Å². The highest BCUT2D eigenvalue weighted by molar-refractivity contribution is 5.65. The number of aryl methyl sites for hydroxylation is 1. The number of hydrogen-bond donors (Lipinski definition) is 1. The zero-order chi connectivity index (χ0) is 17.9. The number of hydrogen-bond acceptors (Lipinski definition) is 6. The fraction of sp³-hybridized carbons (Fsp3) is 0.550. The molecule has 1 N–H and O–H groups in total. The SMILES string of the molecule is Cc1ccc(OC2CCCC2)c(-c2ncnc(N(C)C3CCNC3)n2)c1. The van der Waals surface area contributed by atoms with Crippen LogP contribution < -0.4 is 15.0 Å². The molecule has 2 aliphatic rings. The summed E-state index contributed by atoms with van der Waals surface area (Å²) < 4.78 is 6.29. The predicted molar refractivity (Wildman–Crippen MR) is 103 cm³/mol. The van der Waals surface area contributed by atoms with Crippen LogP contribution in [0.1, 0.15) is 37.7 Å². The summed E-state index contributed by atoms with van der Waals surface area (Å²) in [6.07, 6.45) is 7.80. The van der Waals surface area contributed by atoms with E-state index in [-0.39, 0.29) is 0 Å². The second-order valence-electron chi connectivity index (χ2n) is 7.39. The first-order valence-electron chi connectivity index (χ1n) is 9.61. The first-order chi connectivity index (χ1) is 12.7. The molecule has 1 saturated carbocycles. The number of anilines is 1. The van der Waals surface area contributed by atoms with Crippen molar-refractivity contribution >= 4 is 5.95 Å². The van der Waals surface area contributed by atoms with Gasteiger partial charge >= 0.3 is 0 Å². The molecule has 0 amide bonds. The number of benzene rings is 1. The largest absolute Gasteiger partial charge is 0.490 e. The van der Waals surface area contributed by atoms with Gasteiger partial charge in [-0.3, -0.25) is 0 Å². The van der Waals surface area contributed by atoms with Crippen LogP contribution in [-0.2, 0) is 0 Å². The number of likely N-dealkylation sites (N-methyl/N-ethyl adjacent to an activating group) is 1. The van der Waals surface area contributed by atoms with Crippen molar-refractivity contribution in [2.75, 3.05) is 25.0 Å². The summed E-state index contributed by atoms with van der Waals surface area (Å²) in [5.41, 5.74) is 2.13. The lowest BCUT2D eigenvalue weighted by molar-refractivity contribution is 0.211. The van der Waals surface area contributed by atoms with E-state index in [9.17, 15) is 0 Å². The lowest BCUT2D eigenvalue weighted by atomic mass is 10.1. The molecular formula is C20H27N5O. The molecule has 1 aliphatic carbocycles. The average Bonchev–Trinajstić information content (AvgIpc) is 3.36. The molecule has 26 heavy (non-hydrogen) atoms. The maximum atomic E-state index is 6.29. The molecule has 2 aromatic rings. The highest BCUT2D eigenvalue weighted by Gasteiger charge is 2.23. The summed E-state index contributed by atoms with van der Waals surface area (Å²) in [5.74, 6) is 2.28. The normalized spacial score (nSPS) is 20.5. The topological polar surface area (TPSA) is 63.2 Å². The van der Waals surface area contributed by atoms with E-state index in [1.54, 1.807) is 6.33 Å². The molecule has 138 valence electrons. The van der Waals surface area contributed by atoms with Gasteiger partial charge in [0.05, 0.1) is 11.7 Å². The Morgan fingerprint density at radius 1 is 1.15 bits per heavy atom. The van der Waals surface area contributed by atoms with E-state index in [4.69, 9.17) is 9.72 Å². The Morgan fingerprint density at radius 3 is 2.77 bits per heavy atom. The number of nitrogens with one attached hydrogen (secondary N) is 1. The first kappa shape index (κ1) is 17.2. The molecule has 4 rings (SSSR count). The van der Waals surface area contributed by atoms with Crippen LogP contribution in [0, 0.1) is 6.92 Å². The molecule has 2 heterocycles. The van der Waals surface area contributed by atoms with E-state index in [0.717, 1.165) is 49.6 Å². The smallest absolute Gasteiger partial charge is 0.228 e. The molecule has 1 aromatic carbocycles. The zero-order valence-electron chi connectivity index (χ0n) is 15.6. The quantitative estimate of drug-likeness (QED) is 0.892. The van der Waals surface area contributed by atoms with Crippen LogP contribution in [0.15, 0.2) is 24.5 Å². The minimum absolute atomic E-state index is 0.310. The van der Waals surface area contributed by atoms with Crippen molar-refractivity contribution < 1.29 is 4.74 Å². The summed E-state index contributed by atoms with van der Waals surface area (Å²) in [7, 11) is 2.06. The van der Waals surface area contributed by atoms with Crippen LogP contribution in [-0.4, -0.2) is 47.2 Å². The third-order valence-electron chi connectivity index (χ3n) is 5.43. The van der Waals surface area contributed by atoms with Crippen LogP contribution >= 0.6 is 0 Å². The van der Waals surface area contributed by atoms with Crippen molar-refractivity contribution in [3.63, 3.8) is 0 Å². The Bertz CT molecular complexity index is 754. The summed E-state index contributed by atoms with van der Waals surface area (Å²) in [4.78, 5) is 15.8. The molecule has 1 aliphatic heterocycles. The standard InChI is InChI=1S/C20H27N5O/c1-14-7-8-18(26-16-5-3-4-6-16)17(11-14)19-22-13-23-20(24-19)25(2)15-9-10-21-12-15/h7-8,11,13,15-16,21H,3-6,9-10,12H2,1-2H3. The summed E-state index contributed by atoms with van der Waals surface area (Å²) in [6, 6.07) is 6.68. The summed E-state index contributed by atoms with van der Waals surface area (Å²) >= 11 is 0. The van der Waals surface area contributed by atoms with Gasteiger partial charge < -0.3 is 15.0 Å². The van der Waals surface area contributed by atoms with Gasteiger partial charge in [0.1, 0.15) is 12.1 Å². The Labute approximate surface area is 155 Å². The van der Waals surface area contributed by atoms with Gasteiger partial charge in [0.25, 0.3) is 0 Å². The molecular weight excluding hydrogens is 326 g/mol. The van der Waals surface area contributed by atoms with Crippen molar-refractivity contribution in [3.8, 4) is 17.1 Å². The van der Waals surface area contributed by atoms with Crippen molar-refractivity contribution in [2.24, 2.45) is 0 Å². The Balaban J connectivity index is 1.63. The van der Waals surface area contributed by atoms with E-state index < -0.39 is 0 Å². The van der Waals surface area contributed by atoms with E-state index in [0.29, 0.717) is 18.0 Å². The Morgan fingerprint density at radius 2 is 2.00 bits per heavy atom.